The van der Waals surface area contributed by atoms with Gasteiger partial charge in [0.2, 0.25) is 0 Å². The van der Waals surface area contributed by atoms with Gasteiger partial charge in [0.1, 0.15) is 0 Å². The number of fused-ring (bicyclic) bond motifs is 1. The molecule has 3 nitrogen and oxygen atoms in total. The topological polar surface area (TPSA) is 48.8 Å². The summed E-state index contributed by atoms with van der Waals surface area (Å²) in [5.41, 5.74) is 2.00. The number of pyridine rings is 2. The van der Waals surface area contributed by atoms with Gasteiger partial charge in [-0.05, 0) is 23.6 Å². The molecular formula is C14H9LiN2O. The molecule has 3 aromatic rings. The van der Waals surface area contributed by atoms with Gasteiger partial charge in [0.05, 0.1) is 16.9 Å². The molecule has 0 N–H and O–H groups in total. The van der Waals surface area contributed by atoms with E-state index in [1.807, 2.05) is 36.4 Å². The Hall–Kier alpha value is -1.82. The van der Waals surface area contributed by atoms with Gasteiger partial charge < -0.3 is 5.11 Å². The van der Waals surface area contributed by atoms with Crippen LogP contribution in [0.1, 0.15) is 0 Å². The van der Waals surface area contributed by atoms with Crippen LogP contribution in [0.25, 0.3) is 22.3 Å². The molecule has 2 heterocycles. The van der Waals surface area contributed by atoms with E-state index in [1.165, 1.54) is 6.07 Å². The molecule has 0 atom stereocenters. The van der Waals surface area contributed by atoms with Crippen LogP contribution in [0.15, 0.2) is 54.7 Å². The second kappa shape index (κ2) is 5.22. The third kappa shape index (κ3) is 2.24. The fourth-order valence-corrected chi connectivity index (χ4v) is 1.78. The number of hydrogen-bond acceptors (Lipinski definition) is 3. The molecule has 4 heteroatoms. The standard InChI is InChI=1S/C14H10N2O.Li/c17-13-6-3-4-10-7-8-12(16-14(10)13)11-5-1-2-9-15-11;/h1-9,17H;/q;+1/p-1. The number of nitrogens with zero attached hydrogens (tertiary/aromatic N) is 2. The summed E-state index contributed by atoms with van der Waals surface area (Å²) < 4.78 is 0. The van der Waals surface area contributed by atoms with Crippen molar-refractivity contribution in [2.24, 2.45) is 0 Å². The zero-order chi connectivity index (χ0) is 11.7. The van der Waals surface area contributed by atoms with Crippen molar-refractivity contribution in [3.63, 3.8) is 0 Å². The van der Waals surface area contributed by atoms with Gasteiger partial charge in [-0.2, -0.15) is 0 Å². The van der Waals surface area contributed by atoms with Crippen molar-refractivity contribution in [3.8, 4) is 17.1 Å². The van der Waals surface area contributed by atoms with Gasteiger partial charge >= 0.3 is 18.9 Å². The first-order valence-electron chi connectivity index (χ1n) is 5.33. The van der Waals surface area contributed by atoms with Gasteiger partial charge in [0.25, 0.3) is 0 Å². The molecule has 82 valence electrons. The summed E-state index contributed by atoms with van der Waals surface area (Å²) in [5.74, 6) is -0.0553. The van der Waals surface area contributed by atoms with E-state index in [2.05, 4.69) is 9.97 Å². The van der Waals surface area contributed by atoms with Crippen LogP contribution in [-0.2, 0) is 0 Å². The maximum atomic E-state index is 11.7. The van der Waals surface area contributed by atoms with E-state index >= 15 is 0 Å². The van der Waals surface area contributed by atoms with Crippen molar-refractivity contribution in [1.29, 1.82) is 0 Å². The molecule has 0 aliphatic heterocycles. The van der Waals surface area contributed by atoms with Crippen LogP contribution >= 0.6 is 0 Å². The molecule has 0 spiro atoms. The van der Waals surface area contributed by atoms with Gasteiger partial charge in [-0.25, -0.2) is 4.98 Å². The Kier molecular flexibility index (Phi) is 3.66. The number of rotatable bonds is 1. The minimum absolute atomic E-state index is 0. The molecule has 0 radical (unpaired) electrons. The van der Waals surface area contributed by atoms with E-state index in [0.717, 1.165) is 16.8 Å². The van der Waals surface area contributed by atoms with E-state index in [4.69, 9.17) is 0 Å². The van der Waals surface area contributed by atoms with E-state index in [9.17, 15) is 5.11 Å². The van der Waals surface area contributed by atoms with Crippen molar-refractivity contribution in [3.05, 3.63) is 54.7 Å². The second-order valence-corrected chi connectivity index (χ2v) is 3.74. The third-order valence-corrected chi connectivity index (χ3v) is 2.61. The average Bonchev–Trinajstić information content (AvgIpc) is 2.40. The fourth-order valence-electron chi connectivity index (χ4n) is 1.78. The Bertz CT molecular complexity index is 671. The minimum Gasteiger partial charge on any atom is -0.871 e. The second-order valence-electron chi connectivity index (χ2n) is 3.74. The SMILES string of the molecule is [Li+].[O-]c1cccc2ccc(-c3ccccn3)nc12. The first-order valence-corrected chi connectivity index (χ1v) is 5.33. The predicted molar refractivity (Wildman–Crippen MR) is 64.4 cm³/mol. The zero-order valence-corrected chi connectivity index (χ0v) is 10.00. The first kappa shape index (κ1) is 12.6. The van der Waals surface area contributed by atoms with Gasteiger partial charge in [0.15, 0.2) is 0 Å². The Morgan fingerprint density at radius 1 is 0.833 bits per heavy atom. The Morgan fingerprint density at radius 3 is 2.50 bits per heavy atom. The van der Waals surface area contributed by atoms with Crippen molar-refractivity contribution in [2.75, 3.05) is 0 Å². The molecule has 0 amide bonds. The first-order chi connectivity index (χ1) is 8.34. The van der Waals surface area contributed by atoms with E-state index in [-0.39, 0.29) is 24.6 Å². The normalized spacial score (nSPS) is 10.0. The van der Waals surface area contributed by atoms with Crippen LogP contribution in [0.3, 0.4) is 0 Å². The largest absolute Gasteiger partial charge is 1.00 e. The van der Waals surface area contributed by atoms with Crippen molar-refractivity contribution in [1.82, 2.24) is 9.97 Å². The number of hydrogen-bond donors (Lipinski definition) is 0. The van der Waals surface area contributed by atoms with Crippen LogP contribution in [-0.4, -0.2) is 9.97 Å². The molecular weight excluding hydrogens is 219 g/mol. The maximum Gasteiger partial charge on any atom is 1.00 e. The van der Waals surface area contributed by atoms with Gasteiger partial charge in [-0.1, -0.05) is 36.1 Å². The molecule has 0 bridgehead atoms. The van der Waals surface area contributed by atoms with Gasteiger partial charge in [-0.15, -0.1) is 0 Å². The molecule has 0 aliphatic carbocycles. The smallest absolute Gasteiger partial charge is 0.871 e. The summed E-state index contributed by atoms with van der Waals surface area (Å²) >= 11 is 0. The molecule has 2 aromatic heterocycles. The van der Waals surface area contributed by atoms with Gasteiger partial charge in [-0.3, -0.25) is 4.98 Å². The monoisotopic (exact) mass is 228 g/mol. The minimum atomic E-state index is -0.0553. The van der Waals surface area contributed by atoms with Crippen molar-refractivity contribution in [2.45, 2.75) is 0 Å². The molecule has 1 aromatic carbocycles. The maximum absolute atomic E-state index is 11.7. The summed E-state index contributed by atoms with van der Waals surface area (Å²) in [6.45, 7) is 0. The summed E-state index contributed by atoms with van der Waals surface area (Å²) in [6, 6.07) is 14.6. The number of para-hydroxylation sites is 1. The molecule has 0 unspecified atom stereocenters. The molecule has 18 heavy (non-hydrogen) atoms. The Balaban J connectivity index is 0.00000120. The van der Waals surface area contributed by atoms with Crippen molar-refractivity contribution < 1.29 is 24.0 Å². The summed E-state index contributed by atoms with van der Waals surface area (Å²) in [4.78, 5) is 8.59. The van der Waals surface area contributed by atoms with E-state index in [0.29, 0.717) is 5.52 Å². The molecule has 0 aliphatic rings. The van der Waals surface area contributed by atoms with Crippen molar-refractivity contribution >= 4 is 10.9 Å². The zero-order valence-electron chi connectivity index (χ0n) is 10.00. The third-order valence-electron chi connectivity index (χ3n) is 2.61. The van der Waals surface area contributed by atoms with E-state index in [1.54, 1.807) is 12.3 Å². The van der Waals surface area contributed by atoms with Gasteiger partial charge in [0, 0.05) is 6.20 Å². The predicted octanol–water partition coefficient (Wildman–Crippen LogP) is -0.626. The Morgan fingerprint density at radius 2 is 1.72 bits per heavy atom. The quantitative estimate of drug-likeness (QED) is 0.521. The number of aromatic nitrogens is 2. The molecule has 0 saturated carbocycles. The van der Waals surface area contributed by atoms with Crippen LogP contribution in [0.5, 0.6) is 5.75 Å². The van der Waals surface area contributed by atoms with Crippen LogP contribution < -0.4 is 24.0 Å². The summed E-state index contributed by atoms with van der Waals surface area (Å²) in [6.07, 6.45) is 1.71. The Labute approximate surface area is 117 Å². The average molecular weight is 228 g/mol. The number of benzene rings is 1. The summed E-state index contributed by atoms with van der Waals surface area (Å²) in [5, 5.41) is 12.5. The summed E-state index contributed by atoms with van der Waals surface area (Å²) in [7, 11) is 0. The molecule has 0 fully saturated rings. The van der Waals surface area contributed by atoms with E-state index < -0.39 is 0 Å². The van der Waals surface area contributed by atoms with Crippen LogP contribution in [0.2, 0.25) is 0 Å². The van der Waals surface area contributed by atoms with Crippen LogP contribution in [0.4, 0.5) is 0 Å². The fraction of sp³-hybridized carbons (Fsp3) is 0. The van der Waals surface area contributed by atoms with Crippen LogP contribution in [0, 0.1) is 0 Å². The molecule has 3 rings (SSSR count). The molecule has 0 saturated heterocycles.